The van der Waals surface area contributed by atoms with Crippen molar-refractivity contribution in [1.29, 1.82) is 0 Å². The van der Waals surface area contributed by atoms with Gasteiger partial charge in [-0.1, -0.05) is 28.1 Å². The summed E-state index contributed by atoms with van der Waals surface area (Å²) < 4.78 is 3.07. The number of benzene rings is 2. The van der Waals surface area contributed by atoms with E-state index in [-0.39, 0.29) is 0 Å². The number of nitrogens with zero attached hydrogens (tertiary/aromatic N) is 3. The van der Waals surface area contributed by atoms with Crippen LogP contribution in [0.4, 0.5) is 5.69 Å². The minimum atomic E-state index is 0.953. The Labute approximate surface area is 132 Å². The average molecular weight is 340 g/mol. The fourth-order valence-electron chi connectivity index (χ4n) is 2.00. The number of aliphatic imine (C=N–C) groups is 1. The van der Waals surface area contributed by atoms with Gasteiger partial charge in [0.2, 0.25) is 0 Å². The van der Waals surface area contributed by atoms with Crippen LogP contribution in [0.15, 0.2) is 70.7 Å². The molecule has 0 aliphatic heterocycles. The maximum Gasteiger partial charge on any atom is 0.0991 e. The number of rotatable bonds is 3. The average Bonchev–Trinajstić information content (AvgIpc) is 3.03. The Morgan fingerprint density at radius 3 is 2.62 bits per heavy atom. The van der Waals surface area contributed by atoms with Gasteiger partial charge in [0.15, 0.2) is 0 Å². The SMILES string of the molecule is Cc1cc(N=Cc2ccc(-n3ccnc3)cc2)ccc1Br. The number of hydrogen-bond donors (Lipinski definition) is 0. The van der Waals surface area contributed by atoms with Crippen molar-refractivity contribution < 1.29 is 0 Å². The van der Waals surface area contributed by atoms with Gasteiger partial charge in [-0.05, 0) is 48.4 Å². The Morgan fingerprint density at radius 2 is 1.95 bits per heavy atom. The number of halogens is 1. The van der Waals surface area contributed by atoms with Gasteiger partial charge in [0.05, 0.1) is 12.0 Å². The lowest BCUT2D eigenvalue weighted by molar-refractivity contribution is 1.06. The van der Waals surface area contributed by atoms with Crippen LogP contribution < -0.4 is 0 Å². The number of imidazole rings is 1. The van der Waals surface area contributed by atoms with Crippen LogP contribution in [0.1, 0.15) is 11.1 Å². The quantitative estimate of drug-likeness (QED) is 0.636. The first kappa shape index (κ1) is 13.8. The molecule has 0 radical (unpaired) electrons. The Morgan fingerprint density at radius 1 is 1.14 bits per heavy atom. The largest absolute Gasteiger partial charge is 0.306 e. The molecule has 104 valence electrons. The molecule has 0 atom stereocenters. The zero-order valence-electron chi connectivity index (χ0n) is 11.6. The highest BCUT2D eigenvalue weighted by Gasteiger charge is 1.97. The summed E-state index contributed by atoms with van der Waals surface area (Å²) in [7, 11) is 0. The summed E-state index contributed by atoms with van der Waals surface area (Å²) in [4.78, 5) is 8.55. The van der Waals surface area contributed by atoms with Gasteiger partial charge < -0.3 is 4.57 Å². The third kappa shape index (κ3) is 3.28. The van der Waals surface area contributed by atoms with E-state index < -0.39 is 0 Å². The molecule has 4 heteroatoms. The molecule has 3 rings (SSSR count). The van der Waals surface area contributed by atoms with E-state index >= 15 is 0 Å². The summed E-state index contributed by atoms with van der Waals surface area (Å²) in [6.45, 7) is 2.06. The number of hydrogen-bond acceptors (Lipinski definition) is 2. The summed E-state index contributed by atoms with van der Waals surface area (Å²) in [5.74, 6) is 0. The minimum absolute atomic E-state index is 0.953. The van der Waals surface area contributed by atoms with Crippen LogP contribution >= 0.6 is 15.9 Å². The second-order valence-electron chi connectivity index (χ2n) is 4.75. The molecule has 0 unspecified atom stereocenters. The first-order valence-electron chi connectivity index (χ1n) is 6.61. The molecule has 3 nitrogen and oxygen atoms in total. The molecule has 0 spiro atoms. The summed E-state index contributed by atoms with van der Waals surface area (Å²) in [6.07, 6.45) is 7.35. The van der Waals surface area contributed by atoms with Gasteiger partial charge in [-0.25, -0.2) is 4.98 Å². The molecule has 0 saturated heterocycles. The van der Waals surface area contributed by atoms with Gasteiger partial charge in [0, 0.05) is 28.8 Å². The molecule has 0 aliphatic rings. The molecule has 0 bridgehead atoms. The van der Waals surface area contributed by atoms with Crippen molar-refractivity contribution >= 4 is 27.8 Å². The van der Waals surface area contributed by atoms with Crippen LogP contribution in [0.5, 0.6) is 0 Å². The van der Waals surface area contributed by atoms with E-state index in [9.17, 15) is 0 Å². The highest BCUT2D eigenvalue weighted by molar-refractivity contribution is 9.10. The second kappa shape index (κ2) is 6.06. The van der Waals surface area contributed by atoms with Crippen LogP contribution in [-0.4, -0.2) is 15.8 Å². The van der Waals surface area contributed by atoms with E-state index in [4.69, 9.17) is 0 Å². The highest BCUT2D eigenvalue weighted by Crippen LogP contribution is 2.22. The normalized spacial score (nSPS) is 11.1. The molecule has 1 aromatic heterocycles. The van der Waals surface area contributed by atoms with E-state index in [0.717, 1.165) is 21.4 Å². The summed E-state index contributed by atoms with van der Waals surface area (Å²) in [5.41, 5.74) is 4.29. The Balaban J connectivity index is 1.78. The monoisotopic (exact) mass is 339 g/mol. The lowest BCUT2D eigenvalue weighted by atomic mass is 10.2. The smallest absolute Gasteiger partial charge is 0.0991 e. The van der Waals surface area contributed by atoms with Crippen LogP contribution in [0, 0.1) is 6.92 Å². The van der Waals surface area contributed by atoms with Crippen molar-refractivity contribution in [3.05, 3.63) is 76.8 Å². The molecular formula is C17H14BrN3. The van der Waals surface area contributed by atoms with Crippen molar-refractivity contribution in [3.63, 3.8) is 0 Å². The minimum Gasteiger partial charge on any atom is -0.306 e. The van der Waals surface area contributed by atoms with Gasteiger partial charge in [-0.3, -0.25) is 4.99 Å². The summed E-state index contributed by atoms with van der Waals surface area (Å²) >= 11 is 3.49. The first-order valence-corrected chi connectivity index (χ1v) is 7.40. The van der Waals surface area contributed by atoms with Gasteiger partial charge in [0.1, 0.15) is 0 Å². The van der Waals surface area contributed by atoms with Crippen LogP contribution in [-0.2, 0) is 0 Å². The molecule has 0 amide bonds. The van der Waals surface area contributed by atoms with E-state index in [1.54, 1.807) is 12.5 Å². The molecule has 1 heterocycles. The number of aryl methyl sites for hydroxylation is 1. The summed E-state index contributed by atoms with van der Waals surface area (Å²) in [5, 5.41) is 0. The Kier molecular flexibility index (Phi) is 3.97. The Bertz CT molecular complexity index is 759. The van der Waals surface area contributed by atoms with Crippen molar-refractivity contribution in [2.24, 2.45) is 4.99 Å². The molecule has 3 aromatic rings. The molecule has 0 fully saturated rings. The predicted octanol–water partition coefficient (Wildman–Crippen LogP) is 4.69. The van der Waals surface area contributed by atoms with E-state index in [1.807, 2.05) is 41.2 Å². The van der Waals surface area contributed by atoms with Gasteiger partial charge >= 0.3 is 0 Å². The Hall–Kier alpha value is -2.20. The van der Waals surface area contributed by atoms with Crippen molar-refractivity contribution in [2.75, 3.05) is 0 Å². The second-order valence-corrected chi connectivity index (χ2v) is 5.61. The van der Waals surface area contributed by atoms with Crippen molar-refractivity contribution in [2.45, 2.75) is 6.92 Å². The molecule has 0 N–H and O–H groups in total. The standard InChI is InChI=1S/C17H14BrN3/c1-13-10-15(4-7-17(13)18)20-11-14-2-5-16(6-3-14)21-9-8-19-12-21/h2-12H,1H3. The number of aromatic nitrogens is 2. The van der Waals surface area contributed by atoms with Gasteiger partial charge in [-0.15, -0.1) is 0 Å². The predicted molar refractivity (Wildman–Crippen MR) is 89.7 cm³/mol. The molecular weight excluding hydrogens is 326 g/mol. The zero-order chi connectivity index (χ0) is 14.7. The van der Waals surface area contributed by atoms with Gasteiger partial charge in [0.25, 0.3) is 0 Å². The lowest BCUT2D eigenvalue weighted by Crippen LogP contribution is -1.90. The zero-order valence-corrected chi connectivity index (χ0v) is 13.2. The van der Waals surface area contributed by atoms with E-state index in [2.05, 4.69) is 51.0 Å². The molecule has 21 heavy (non-hydrogen) atoms. The van der Waals surface area contributed by atoms with Gasteiger partial charge in [-0.2, -0.15) is 0 Å². The van der Waals surface area contributed by atoms with E-state index in [1.165, 1.54) is 5.56 Å². The van der Waals surface area contributed by atoms with Crippen LogP contribution in [0.25, 0.3) is 5.69 Å². The molecule has 0 saturated carbocycles. The topological polar surface area (TPSA) is 30.2 Å². The maximum atomic E-state index is 4.51. The maximum absolute atomic E-state index is 4.51. The van der Waals surface area contributed by atoms with E-state index in [0.29, 0.717) is 0 Å². The summed E-state index contributed by atoms with van der Waals surface area (Å²) in [6, 6.07) is 14.3. The fourth-order valence-corrected chi connectivity index (χ4v) is 2.25. The molecule has 0 aliphatic carbocycles. The van der Waals surface area contributed by atoms with Crippen molar-refractivity contribution in [1.82, 2.24) is 9.55 Å². The highest BCUT2D eigenvalue weighted by atomic mass is 79.9. The van der Waals surface area contributed by atoms with Crippen molar-refractivity contribution in [3.8, 4) is 5.69 Å². The fraction of sp³-hybridized carbons (Fsp3) is 0.0588. The third-order valence-corrected chi connectivity index (χ3v) is 4.09. The first-order chi connectivity index (χ1) is 10.2. The lowest BCUT2D eigenvalue weighted by Gasteiger charge is -2.02. The van der Waals surface area contributed by atoms with Crippen LogP contribution in [0.3, 0.4) is 0 Å². The van der Waals surface area contributed by atoms with Crippen LogP contribution in [0.2, 0.25) is 0 Å². The molecule has 2 aromatic carbocycles. The third-order valence-electron chi connectivity index (χ3n) is 3.20.